The van der Waals surface area contributed by atoms with E-state index in [1.807, 2.05) is 71.4 Å². The Labute approximate surface area is 173 Å². The molecule has 146 valence electrons. The van der Waals surface area contributed by atoms with E-state index in [9.17, 15) is 4.79 Å². The van der Waals surface area contributed by atoms with Gasteiger partial charge in [0.05, 0.1) is 11.3 Å². The Morgan fingerprint density at radius 1 is 1.03 bits per heavy atom. The molecule has 0 aliphatic heterocycles. The van der Waals surface area contributed by atoms with Gasteiger partial charge in [-0.15, -0.1) is 0 Å². The lowest BCUT2D eigenvalue weighted by molar-refractivity contribution is 0.0949. The van der Waals surface area contributed by atoms with Crippen LogP contribution in [0, 0.1) is 0 Å². The van der Waals surface area contributed by atoms with Crippen molar-refractivity contribution < 1.29 is 9.53 Å². The minimum Gasteiger partial charge on any atom is -0.488 e. The number of benzene rings is 2. The lowest BCUT2D eigenvalue weighted by atomic mass is 10.2. The first kappa shape index (κ1) is 19.0. The van der Waals surface area contributed by atoms with Crippen molar-refractivity contribution >= 4 is 23.2 Å². The van der Waals surface area contributed by atoms with Gasteiger partial charge in [0.15, 0.2) is 0 Å². The Morgan fingerprint density at radius 3 is 2.66 bits per heavy atom. The molecule has 0 bridgehead atoms. The van der Waals surface area contributed by atoms with Crippen molar-refractivity contribution in [3.8, 4) is 5.75 Å². The number of imidazole rings is 1. The third kappa shape index (κ3) is 4.76. The van der Waals surface area contributed by atoms with Crippen molar-refractivity contribution in [2.75, 3.05) is 6.54 Å². The second-order valence-electron chi connectivity index (χ2n) is 6.62. The van der Waals surface area contributed by atoms with Crippen molar-refractivity contribution in [2.24, 2.45) is 0 Å². The number of rotatable bonds is 7. The fraction of sp³-hybridized carbons (Fsp3) is 0.130. The van der Waals surface area contributed by atoms with Crippen molar-refractivity contribution in [1.82, 2.24) is 14.7 Å². The van der Waals surface area contributed by atoms with E-state index in [2.05, 4.69) is 10.3 Å². The summed E-state index contributed by atoms with van der Waals surface area (Å²) in [6, 6.07) is 20.5. The molecule has 5 nitrogen and oxygen atoms in total. The molecule has 0 saturated heterocycles. The first-order valence-electron chi connectivity index (χ1n) is 9.36. The molecule has 0 saturated carbocycles. The van der Waals surface area contributed by atoms with Crippen LogP contribution in [0.4, 0.5) is 0 Å². The third-order valence-corrected chi connectivity index (χ3v) is 4.77. The summed E-state index contributed by atoms with van der Waals surface area (Å²) in [5.74, 6) is 0.383. The van der Waals surface area contributed by atoms with Crippen LogP contribution in [-0.4, -0.2) is 21.8 Å². The monoisotopic (exact) mass is 405 g/mol. The Hall–Kier alpha value is -3.31. The Morgan fingerprint density at radius 2 is 1.83 bits per heavy atom. The lowest BCUT2D eigenvalue weighted by Crippen LogP contribution is -2.26. The fourth-order valence-corrected chi connectivity index (χ4v) is 3.15. The van der Waals surface area contributed by atoms with E-state index >= 15 is 0 Å². The number of carbonyl (C=O) groups excluding carboxylic acids is 1. The number of nitrogens with zero attached hydrogens (tertiary/aromatic N) is 2. The predicted octanol–water partition coefficient (Wildman–Crippen LogP) is 4.54. The van der Waals surface area contributed by atoms with Crippen LogP contribution in [-0.2, 0) is 13.0 Å². The van der Waals surface area contributed by atoms with Gasteiger partial charge in [-0.1, -0.05) is 41.9 Å². The summed E-state index contributed by atoms with van der Waals surface area (Å²) in [7, 11) is 0. The molecule has 4 aromatic rings. The normalized spacial score (nSPS) is 10.8. The van der Waals surface area contributed by atoms with Gasteiger partial charge in [-0.2, -0.15) is 0 Å². The van der Waals surface area contributed by atoms with Crippen LogP contribution in [0.25, 0.3) is 5.65 Å². The van der Waals surface area contributed by atoms with E-state index in [0.717, 1.165) is 16.9 Å². The first-order valence-corrected chi connectivity index (χ1v) is 9.74. The molecule has 0 fully saturated rings. The Kier molecular flexibility index (Phi) is 5.77. The highest BCUT2D eigenvalue weighted by Crippen LogP contribution is 2.20. The van der Waals surface area contributed by atoms with Crippen LogP contribution in [0.1, 0.15) is 21.6 Å². The highest BCUT2D eigenvalue weighted by atomic mass is 35.5. The molecular formula is C23H20ClN3O2. The molecule has 2 aromatic carbocycles. The van der Waals surface area contributed by atoms with Crippen LogP contribution in [0.3, 0.4) is 0 Å². The summed E-state index contributed by atoms with van der Waals surface area (Å²) >= 11 is 5.91. The summed E-state index contributed by atoms with van der Waals surface area (Å²) in [6.45, 7) is 0.858. The average molecular weight is 406 g/mol. The number of carbonyl (C=O) groups is 1. The maximum Gasteiger partial charge on any atom is 0.255 e. The Bertz CT molecular complexity index is 1090. The SMILES string of the molecule is O=C(NCCc1cn2ccccc2n1)c1ccccc1OCc1ccc(Cl)cc1. The van der Waals surface area contributed by atoms with Crippen molar-refractivity contribution in [2.45, 2.75) is 13.0 Å². The zero-order valence-electron chi connectivity index (χ0n) is 15.7. The Balaban J connectivity index is 1.36. The molecular weight excluding hydrogens is 386 g/mol. The molecule has 29 heavy (non-hydrogen) atoms. The van der Waals surface area contributed by atoms with Gasteiger partial charge in [0.1, 0.15) is 18.0 Å². The number of nitrogens with one attached hydrogen (secondary N) is 1. The van der Waals surface area contributed by atoms with E-state index in [1.165, 1.54) is 0 Å². The number of hydrogen-bond acceptors (Lipinski definition) is 3. The number of hydrogen-bond donors (Lipinski definition) is 1. The minimum absolute atomic E-state index is 0.166. The minimum atomic E-state index is -0.166. The van der Waals surface area contributed by atoms with Gasteiger partial charge in [-0.25, -0.2) is 4.98 Å². The molecule has 0 aliphatic rings. The number of para-hydroxylation sites is 1. The maximum absolute atomic E-state index is 12.6. The molecule has 0 aliphatic carbocycles. The topological polar surface area (TPSA) is 55.6 Å². The number of pyridine rings is 1. The van der Waals surface area contributed by atoms with Crippen LogP contribution in [0.15, 0.2) is 79.1 Å². The van der Waals surface area contributed by atoms with E-state index in [4.69, 9.17) is 16.3 Å². The zero-order valence-corrected chi connectivity index (χ0v) is 16.5. The number of fused-ring (bicyclic) bond motifs is 1. The molecule has 2 heterocycles. The molecule has 1 amide bonds. The van der Waals surface area contributed by atoms with E-state index in [1.54, 1.807) is 12.1 Å². The molecule has 4 rings (SSSR count). The van der Waals surface area contributed by atoms with Crippen LogP contribution < -0.4 is 10.1 Å². The van der Waals surface area contributed by atoms with E-state index in [-0.39, 0.29) is 5.91 Å². The molecule has 1 N–H and O–H groups in total. The molecule has 6 heteroatoms. The van der Waals surface area contributed by atoms with E-state index in [0.29, 0.717) is 35.9 Å². The lowest BCUT2D eigenvalue weighted by Gasteiger charge is -2.11. The van der Waals surface area contributed by atoms with Crippen molar-refractivity contribution in [3.05, 3.63) is 101 Å². The predicted molar refractivity (Wildman–Crippen MR) is 113 cm³/mol. The standard InChI is InChI=1S/C23H20ClN3O2/c24-18-10-8-17(9-11-18)16-29-21-6-2-1-5-20(21)23(28)25-13-12-19-15-27-14-4-3-7-22(27)26-19/h1-11,14-15H,12-13,16H2,(H,25,28). The molecule has 0 atom stereocenters. The van der Waals surface area contributed by atoms with Gasteiger partial charge >= 0.3 is 0 Å². The quantitative estimate of drug-likeness (QED) is 0.491. The first-order chi connectivity index (χ1) is 14.2. The summed E-state index contributed by atoms with van der Waals surface area (Å²) < 4.78 is 7.84. The van der Waals surface area contributed by atoms with Crippen LogP contribution >= 0.6 is 11.6 Å². The summed E-state index contributed by atoms with van der Waals surface area (Å²) in [5.41, 5.74) is 3.33. The number of ether oxygens (including phenoxy) is 1. The summed E-state index contributed by atoms with van der Waals surface area (Å²) in [6.07, 6.45) is 4.59. The van der Waals surface area contributed by atoms with Crippen molar-refractivity contribution in [1.29, 1.82) is 0 Å². The van der Waals surface area contributed by atoms with E-state index < -0.39 is 0 Å². The second kappa shape index (κ2) is 8.80. The maximum atomic E-state index is 12.6. The summed E-state index contributed by atoms with van der Waals surface area (Å²) in [4.78, 5) is 17.2. The second-order valence-corrected chi connectivity index (χ2v) is 7.05. The largest absolute Gasteiger partial charge is 0.488 e. The molecule has 2 aromatic heterocycles. The number of aromatic nitrogens is 2. The van der Waals surface area contributed by atoms with Crippen LogP contribution in [0.5, 0.6) is 5.75 Å². The van der Waals surface area contributed by atoms with Gasteiger partial charge < -0.3 is 14.5 Å². The number of halogens is 1. The van der Waals surface area contributed by atoms with Gasteiger partial charge in [0, 0.05) is 30.4 Å². The van der Waals surface area contributed by atoms with Crippen molar-refractivity contribution in [3.63, 3.8) is 0 Å². The molecule has 0 radical (unpaired) electrons. The smallest absolute Gasteiger partial charge is 0.255 e. The average Bonchev–Trinajstić information content (AvgIpc) is 3.16. The zero-order chi connectivity index (χ0) is 20.1. The highest BCUT2D eigenvalue weighted by molar-refractivity contribution is 6.30. The van der Waals surface area contributed by atoms with Gasteiger partial charge in [0.25, 0.3) is 5.91 Å². The van der Waals surface area contributed by atoms with Gasteiger partial charge in [0.2, 0.25) is 0 Å². The van der Waals surface area contributed by atoms with Gasteiger partial charge in [-0.3, -0.25) is 4.79 Å². The third-order valence-electron chi connectivity index (χ3n) is 4.52. The molecule has 0 unspecified atom stereocenters. The highest BCUT2D eigenvalue weighted by Gasteiger charge is 2.12. The van der Waals surface area contributed by atoms with Gasteiger partial charge in [-0.05, 0) is 42.0 Å². The fourth-order valence-electron chi connectivity index (χ4n) is 3.03. The summed E-state index contributed by atoms with van der Waals surface area (Å²) in [5, 5.41) is 3.63. The molecule has 0 spiro atoms. The number of amides is 1. The van der Waals surface area contributed by atoms with Crippen LogP contribution in [0.2, 0.25) is 5.02 Å².